The monoisotopic (exact) mass is 1200 g/mol. The van der Waals surface area contributed by atoms with Gasteiger partial charge in [0.25, 0.3) is 0 Å². The molecule has 0 aromatic heterocycles. The molecule has 0 amide bonds. The number of aliphatic carboxylic acids is 1. The zero-order valence-corrected chi connectivity index (χ0v) is 56.1. The van der Waals surface area contributed by atoms with Crippen molar-refractivity contribution < 1.29 is 42.9 Å². The SMILES string of the molecule is CC/C=C\C/C=C\C/C=C\C/C=C\C/C=C\C/C=C\C/C=C\C/C=C\C/C=C\C/C=C\CCCCC(=O)OC(COC(=O)CCCCCCCCCCCCCCCCCCCCCCCCCCCCCC)COC(OCC[N+](C)(C)C)C(=O)[O-]. The number of likely N-dealkylation sites (N-methyl/N-ethyl adjacent to an activating group) is 1. The second-order valence-corrected chi connectivity index (χ2v) is 24.4. The Bertz CT molecular complexity index is 1830. The van der Waals surface area contributed by atoms with Crippen LogP contribution in [0.4, 0.5) is 0 Å². The van der Waals surface area contributed by atoms with Gasteiger partial charge in [0.1, 0.15) is 13.2 Å². The van der Waals surface area contributed by atoms with Crippen LogP contribution in [0.25, 0.3) is 0 Å². The number of ether oxygens (including phenoxy) is 4. The summed E-state index contributed by atoms with van der Waals surface area (Å²) in [5.74, 6) is -2.34. The molecule has 2 unspecified atom stereocenters. The number of carboxylic acid groups (broad SMARTS) is 1. The number of carboxylic acids is 1. The first-order valence-electron chi connectivity index (χ1n) is 35.2. The normalized spacial score (nSPS) is 13.5. The van der Waals surface area contributed by atoms with Crippen LogP contribution in [0, 0.1) is 0 Å². The number of nitrogens with zero attached hydrogens (tertiary/aromatic N) is 1. The molecule has 0 heterocycles. The molecule has 0 radical (unpaired) electrons. The van der Waals surface area contributed by atoms with E-state index in [1.165, 1.54) is 161 Å². The van der Waals surface area contributed by atoms with Crippen LogP contribution in [0.15, 0.2) is 122 Å². The number of unbranched alkanes of at least 4 members (excludes halogenated alkanes) is 29. The van der Waals surface area contributed by atoms with E-state index in [4.69, 9.17) is 18.9 Å². The molecule has 86 heavy (non-hydrogen) atoms. The molecular formula is C77H131NO8. The number of allylic oxidation sites excluding steroid dienone is 20. The zero-order valence-electron chi connectivity index (χ0n) is 56.1. The number of carbonyl (C=O) groups excluding carboxylic acids is 3. The van der Waals surface area contributed by atoms with Crippen molar-refractivity contribution >= 4 is 17.9 Å². The van der Waals surface area contributed by atoms with Gasteiger partial charge in [0.15, 0.2) is 12.4 Å². The van der Waals surface area contributed by atoms with Gasteiger partial charge in [-0.3, -0.25) is 9.59 Å². The summed E-state index contributed by atoms with van der Waals surface area (Å²) in [6.07, 6.45) is 91.5. The average molecular weight is 1200 g/mol. The van der Waals surface area contributed by atoms with E-state index in [0.717, 1.165) is 96.3 Å². The van der Waals surface area contributed by atoms with Crippen molar-refractivity contribution in [3.63, 3.8) is 0 Å². The molecule has 0 aromatic rings. The Balaban J connectivity index is 4.23. The highest BCUT2D eigenvalue weighted by atomic mass is 16.7. The van der Waals surface area contributed by atoms with Gasteiger partial charge in [-0.25, -0.2) is 0 Å². The summed E-state index contributed by atoms with van der Waals surface area (Å²) >= 11 is 0. The lowest BCUT2D eigenvalue weighted by molar-refractivity contribution is -0.870. The van der Waals surface area contributed by atoms with Crippen molar-refractivity contribution in [3.05, 3.63) is 122 Å². The smallest absolute Gasteiger partial charge is 0.306 e. The van der Waals surface area contributed by atoms with Crippen LogP contribution in [0.2, 0.25) is 0 Å². The minimum Gasteiger partial charge on any atom is -0.545 e. The lowest BCUT2D eigenvalue weighted by atomic mass is 10.0. The van der Waals surface area contributed by atoms with Gasteiger partial charge in [0.05, 0.1) is 40.3 Å². The first-order chi connectivity index (χ1) is 42.1. The Kier molecular flexibility index (Phi) is 63.3. The van der Waals surface area contributed by atoms with Crippen molar-refractivity contribution in [3.8, 4) is 0 Å². The van der Waals surface area contributed by atoms with Crippen LogP contribution in [0.1, 0.15) is 290 Å². The molecule has 9 nitrogen and oxygen atoms in total. The fourth-order valence-corrected chi connectivity index (χ4v) is 9.63. The van der Waals surface area contributed by atoms with Crippen molar-refractivity contribution in [1.29, 1.82) is 0 Å². The molecular weight excluding hydrogens is 1070 g/mol. The van der Waals surface area contributed by atoms with E-state index in [0.29, 0.717) is 17.4 Å². The zero-order chi connectivity index (χ0) is 62.6. The highest BCUT2D eigenvalue weighted by Gasteiger charge is 2.22. The predicted octanol–water partition coefficient (Wildman–Crippen LogP) is 20.6. The highest BCUT2D eigenvalue weighted by Crippen LogP contribution is 2.17. The van der Waals surface area contributed by atoms with E-state index in [1.807, 2.05) is 21.1 Å². The summed E-state index contributed by atoms with van der Waals surface area (Å²) in [4.78, 5) is 37.5. The van der Waals surface area contributed by atoms with Crippen molar-refractivity contribution in [2.24, 2.45) is 0 Å². The Morgan fingerprint density at radius 3 is 0.988 bits per heavy atom. The summed E-state index contributed by atoms with van der Waals surface area (Å²) in [6.45, 7) is 4.61. The summed E-state index contributed by atoms with van der Waals surface area (Å²) in [5.41, 5.74) is 0. The second kappa shape index (κ2) is 66.6. The summed E-state index contributed by atoms with van der Waals surface area (Å²) in [5, 5.41) is 11.8. The van der Waals surface area contributed by atoms with Crippen molar-refractivity contribution in [2.45, 2.75) is 302 Å². The number of rotatable bonds is 64. The summed E-state index contributed by atoms with van der Waals surface area (Å²) in [7, 11) is 5.91. The van der Waals surface area contributed by atoms with Gasteiger partial charge in [-0.05, 0) is 89.9 Å². The first kappa shape index (κ1) is 81.7. The standard InChI is InChI=1S/C77H131NO8/c1-6-8-10-12-14-16-18-20-22-24-26-28-30-32-34-36-37-38-39-40-42-44-46-48-50-52-54-56-58-60-62-64-66-68-75(80)86-73(72-85-77(76(81)82)83-70-69-78(3,4)5)71-84-74(79)67-65-63-61-59-57-55-53-51-49-47-45-43-41-35-33-31-29-27-25-23-21-19-17-15-13-11-9-7-2/h8,10,14,16,20,22,26,28,32,34,37-38,40,42,46,48,52,54,58,60,73,77H,6-7,9,11-13,15,17-19,21,23-25,27,29-31,33,35-36,39,41,43-45,47,49-51,53,55-57,59,61-72H2,1-5H3/b10-8-,16-14-,22-20-,28-26-,34-32-,38-37-,42-40-,48-46-,54-52-,60-58-. The van der Waals surface area contributed by atoms with Crippen molar-refractivity contribution in [2.75, 3.05) is 47.5 Å². The largest absolute Gasteiger partial charge is 0.545 e. The highest BCUT2D eigenvalue weighted by molar-refractivity contribution is 5.70. The van der Waals surface area contributed by atoms with E-state index in [-0.39, 0.29) is 38.6 Å². The maximum atomic E-state index is 12.9. The maximum absolute atomic E-state index is 12.9. The van der Waals surface area contributed by atoms with E-state index in [2.05, 4.69) is 135 Å². The molecule has 0 rings (SSSR count). The lowest BCUT2D eigenvalue weighted by Crippen LogP contribution is -2.44. The number of hydrogen-bond donors (Lipinski definition) is 0. The van der Waals surface area contributed by atoms with Gasteiger partial charge in [0, 0.05) is 12.8 Å². The number of quaternary nitrogens is 1. The first-order valence-corrected chi connectivity index (χ1v) is 35.2. The fourth-order valence-electron chi connectivity index (χ4n) is 9.63. The quantitative estimate of drug-likeness (QED) is 0.0195. The minimum atomic E-state index is -1.64. The molecule has 0 saturated heterocycles. The third-order valence-corrected chi connectivity index (χ3v) is 15.0. The molecule has 9 heteroatoms. The van der Waals surface area contributed by atoms with Gasteiger partial charge in [-0.1, -0.05) is 309 Å². The summed E-state index contributed by atoms with van der Waals surface area (Å²) in [6, 6.07) is 0. The second-order valence-electron chi connectivity index (χ2n) is 24.4. The number of carbonyl (C=O) groups is 3. The molecule has 0 fully saturated rings. The van der Waals surface area contributed by atoms with Gasteiger partial charge < -0.3 is 33.3 Å². The van der Waals surface area contributed by atoms with Crippen LogP contribution in [-0.4, -0.2) is 82.3 Å². The fraction of sp³-hybridized carbons (Fsp3) is 0.701. The van der Waals surface area contributed by atoms with E-state index < -0.39 is 24.3 Å². The molecule has 0 saturated carbocycles. The van der Waals surface area contributed by atoms with Crippen LogP contribution < -0.4 is 5.11 Å². The van der Waals surface area contributed by atoms with Crippen LogP contribution in [0.5, 0.6) is 0 Å². The van der Waals surface area contributed by atoms with Gasteiger partial charge in [0.2, 0.25) is 0 Å². The Morgan fingerprint density at radius 2 is 0.663 bits per heavy atom. The third kappa shape index (κ3) is 67.2. The molecule has 492 valence electrons. The molecule has 0 aromatic carbocycles. The molecule has 2 atom stereocenters. The molecule has 0 N–H and O–H groups in total. The van der Waals surface area contributed by atoms with Gasteiger partial charge in [-0.15, -0.1) is 0 Å². The minimum absolute atomic E-state index is 0.134. The molecule has 0 bridgehead atoms. The van der Waals surface area contributed by atoms with E-state index in [9.17, 15) is 19.5 Å². The Labute approximate surface area is 529 Å². The van der Waals surface area contributed by atoms with E-state index >= 15 is 0 Å². The molecule has 0 spiro atoms. The average Bonchev–Trinajstić information content (AvgIpc) is 3.64. The van der Waals surface area contributed by atoms with Gasteiger partial charge >= 0.3 is 11.9 Å². The third-order valence-electron chi connectivity index (χ3n) is 15.0. The lowest BCUT2D eigenvalue weighted by Gasteiger charge is -2.26. The number of esters is 2. The van der Waals surface area contributed by atoms with Crippen molar-refractivity contribution in [1.82, 2.24) is 0 Å². The summed E-state index contributed by atoms with van der Waals surface area (Å²) < 4.78 is 22.7. The number of hydrogen-bond acceptors (Lipinski definition) is 8. The maximum Gasteiger partial charge on any atom is 0.306 e. The van der Waals surface area contributed by atoms with E-state index in [1.54, 1.807) is 0 Å². The predicted molar refractivity (Wildman–Crippen MR) is 366 cm³/mol. The van der Waals surface area contributed by atoms with Crippen LogP contribution in [0.3, 0.4) is 0 Å². The van der Waals surface area contributed by atoms with Crippen LogP contribution >= 0.6 is 0 Å². The Hall–Kier alpha value is -4.31. The molecule has 0 aliphatic heterocycles. The molecule has 0 aliphatic rings. The van der Waals surface area contributed by atoms with Crippen LogP contribution in [-0.2, 0) is 33.3 Å². The topological polar surface area (TPSA) is 111 Å². The molecule has 0 aliphatic carbocycles. The van der Waals surface area contributed by atoms with Gasteiger partial charge in [-0.2, -0.15) is 0 Å². The Morgan fingerprint density at radius 1 is 0.360 bits per heavy atom.